The van der Waals surface area contributed by atoms with Crippen molar-refractivity contribution in [2.75, 3.05) is 33.4 Å². The Hall–Kier alpha value is -0.770. The van der Waals surface area contributed by atoms with Gasteiger partial charge in [-0.1, -0.05) is 13.8 Å². The zero-order valence-corrected chi connectivity index (χ0v) is 14.8. The fourth-order valence-corrected chi connectivity index (χ4v) is 3.09. The fourth-order valence-electron chi connectivity index (χ4n) is 3.09. The topological polar surface area (TPSA) is 36.9 Å². The summed E-state index contributed by atoms with van der Waals surface area (Å²) >= 11 is 0. The van der Waals surface area contributed by atoms with Crippen LogP contribution in [0, 0.1) is 10.8 Å². The Morgan fingerprint density at radius 1 is 1.24 bits per heavy atom. The quantitative estimate of drug-likeness (QED) is 0.465. The van der Waals surface area contributed by atoms with Crippen molar-refractivity contribution in [3.8, 4) is 0 Å². The first-order valence-corrected chi connectivity index (χ1v) is 8.34. The van der Waals surface area contributed by atoms with Crippen LogP contribution >= 0.6 is 0 Å². The summed E-state index contributed by atoms with van der Waals surface area (Å²) in [6.45, 7) is 15.2. The van der Waals surface area contributed by atoms with Crippen LogP contribution in [0.3, 0.4) is 0 Å². The molecule has 0 bridgehead atoms. The second kappa shape index (κ2) is 5.79. The van der Waals surface area contributed by atoms with E-state index in [1.54, 1.807) is 0 Å². The lowest BCUT2D eigenvalue weighted by atomic mass is 9.65. The Bertz CT molecular complexity index is 397. The molecule has 0 aromatic heterocycles. The van der Waals surface area contributed by atoms with E-state index < -0.39 is 0 Å². The molecule has 0 aromatic carbocycles. The van der Waals surface area contributed by atoms with Crippen LogP contribution in [0.2, 0.25) is 0 Å². The summed E-state index contributed by atoms with van der Waals surface area (Å²) in [5, 5.41) is 3.61. The van der Waals surface area contributed by atoms with Crippen LogP contribution in [0.4, 0.5) is 0 Å². The summed E-state index contributed by atoms with van der Waals surface area (Å²) in [5.41, 5.74) is 0.962. The molecule has 1 aliphatic carbocycles. The molecule has 2 aliphatic rings. The van der Waals surface area contributed by atoms with Gasteiger partial charge in [-0.15, -0.1) is 0 Å². The highest BCUT2D eigenvalue weighted by Crippen LogP contribution is 2.49. The highest BCUT2D eigenvalue weighted by atomic mass is 16.5. The number of guanidine groups is 1. The standard InChI is InChI=1S/C17H33N3O/c1-7-21-11-10-17(8-9-17)12-19-14(18-6)20-13-15(2,3)16(20,4)5/h7-13H2,1-6H3,(H,18,19). The molecule has 2 fully saturated rings. The third kappa shape index (κ3) is 3.20. The molecule has 122 valence electrons. The number of likely N-dealkylation sites (tertiary alicyclic amines) is 1. The molecular weight excluding hydrogens is 262 g/mol. The van der Waals surface area contributed by atoms with Crippen LogP contribution in [-0.4, -0.2) is 49.7 Å². The van der Waals surface area contributed by atoms with Crippen molar-refractivity contribution in [2.45, 2.75) is 59.4 Å². The van der Waals surface area contributed by atoms with Gasteiger partial charge in [-0.3, -0.25) is 4.99 Å². The number of rotatable bonds is 6. The molecule has 1 saturated carbocycles. The molecule has 0 radical (unpaired) electrons. The Labute approximate surface area is 130 Å². The van der Waals surface area contributed by atoms with Gasteiger partial charge in [0, 0.05) is 44.3 Å². The Morgan fingerprint density at radius 2 is 1.90 bits per heavy atom. The smallest absolute Gasteiger partial charge is 0.194 e. The number of nitrogens with one attached hydrogen (secondary N) is 1. The van der Waals surface area contributed by atoms with E-state index >= 15 is 0 Å². The highest BCUT2D eigenvalue weighted by molar-refractivity contribution is 5.82. The second-order valence-electron chi connectivity index (χ2n) is 7.88. The summed E-state index contributed by atoms with van der Waals surface area (Å²) in [4.78, 5) is 6.91. The van der Waals surface area contributed by atoms with Gasteiger partial charge >= 0.3 is 0 Å². The second-order valence-corrected chi connectivity index (χ2v) is 7.88. The Morgan fingerprint density at radius 3 is 2.33 bits per heavy atom. The van der Waals surface area contributed by atoms with E-state index in [0.29, 0.717) is 10.8 Å². The summed E-state index contributed by atoms with van der Waals surface area (Å²) in [5.74, 6) is 1.06. The van der Waals surface area contributed by atoms with Gasteiger partial charge in [0.05, 0.1) is 0 Å². The Kier molecular flexibility index (Phi) is 4.57. The summed E-state index contributed by atoms with van der Waals surface area (Å²) < 4.78 is 5.51. The van der Waals surface area contributed by atoms with E-state index in [1.807, 2.05) is 7.05 Å². The average molecular weight is 295 g/mol. The summed E-state index contributed by atoms with van der Waals surface area (Å²) in [6, 6.07) is 0. The fraction of sp³-hybridized carbons (Fsp3) is 0.941. The SMILES string of the molecule is CCOCCC1(CNC(=NC)N2CC(C)(C)C2(C)C)CC1. The minimum atomic E-state index is 0.164. The zero-order valence-electron chi connectivity index (χ0n) is 14.8. The third-order valence-electron chi connectivity index (χ3n) is 5.91. The molecule has 1 N–H and O–H groups in total. The van der Waals surface area contributed by atoms with Crippen molar-refractivity contribution in [3.05, 3.63) is 0 Å². The predicted molar refractivity (Wildman–Crippen MR) is 88.7 cm³/mol. The van der Waals surface area contributed by atoms with Crippen LogP contribution in [-0.2, 0) is 4.74 Å². The molecule has 0 aromatic rings. The number of aliphatic imine (C=N–C) groups is 1. The van der Waals surface area contributed by atoms with Crippen molar-refractivity contribution in [3.63, 3.8) is 0 Å². The van der Waals surface area contributed by atoms with E-state index in [4.69, 9.17) is 4.74 Å². The number of nitrogens with zero attached hydrogens (tertiary/aromatic N) is 2. The average Bonchev–Trinajstić information content (AvgIpc) is 3.19. The van der Waals surface area contributed by atoms with Gasteiger partial charge < -0.3 is 15.0 Å². The predicted octanol–water partition coefficient (Wildman–Crippen LogP) is 2.89. The van der Waals surface area contributed by atoms with Crippen LogP contribution in [0.15, 0.2) is 4.99 Å². The van der Waals surface area contributed by atoms with Crippen LogP contribution in [0.25, 0.3) is 0 Å². The first-order chi connectivity index (χ1) is 9.78. The maximum atomic E-state index is 5.51. The molecule has 0 atom stereocenters. The normalized spacial score (nSPS) is 25.4. The molecule has 1 aliphatic heterocycles. The number of hydrogen-bond acceptors (Lipinski definition) is 2. The zero-order chi connectivity index (χ0) is 15.7. The van der Waals surface area contributed by atoms with Crippen molar-refractivity contribution in [1.82, 2.24) is 10.2 Å². The van der Waals surface area contributed by atoms with Crippen molar-refractivity contribution in [1.29, 1.82) is 0 Å². The maximum Gasteiger partial charge on any atom is 0.194 e. The largest absolute Gasteiger partial charge is 0.382 e. The monoisotopic (exact) mass is 295 g/mol. The highest BCUT2D eigenvalue weighted by Gasteiger charge is 2.54. The van der Waals surface area contributed by atoms with Gasteiger partial charge in [-0.05, 0) is 45.4 Å². The van der Waals surface area contributed by atoms with Gasteiger partial charge in [0.25, 0.3) is 0 Å². The molecular formula is C17H33N3O. The van der Waals surface area contributed by atoms with E-state index in [2.05, 4.69) is 49.8 Å². The van der Waals surface area contributed by atoms with Crippen molar-refractivity contribution >= 4 is 5.96 Å². The lowest BCUT2D eigenvalue weighted by molar-refractivity contribution is -0.0669. The number of hydrogen-bond donors (Lipinski definition) is 1. The molecule has 1 saturated heterocycles. The van der Waals surface area contributed by atoms with Gasteiger partial charge in [0.15, 0.2) is 5.96 Å². The first-order valence-electron chi connectivity index (χ1n) is 8.34. The molecule has 0 amide bonds. The molecule has 0 unspecified atom stereocenters. The van der Waals surface area contributed by atoms with E-state index in [9.17, 15) is 0 Å². The lowest BCUT2D eigenvalue weighted by Gasteiger charge is -2.62. The summed E-state index contributed by atoms with van der Waals surface area (Å²) in [7, 11) is 1.89. The molecule has 2 rings (SSSR count). The lowest BCUT2D eigenvalue weighted by Crippen LogP contribution is -2.72. The van der Waals surface area contributed by atoms with Gasteiger partial charge in [-0.2, -0.15) is 0 Å². The molecule has 4 heteroatoms. The van der Waals surface area contributed by atoms with Crippen LogP contribution in [0.1, 0.15) is 53.9 Å². The van der Waals surface area contributed by atoms with Gasteiger partial charge in [0.2, 0.25) is 0 Å². The van der Waals surface area contributed by atoms with Gasteiger partial charge in [-0.25, -0.2) is 0 Å². The molecule has 21 heavy (non-hydrogen) atoms. The van der Waals surface area contributed by atoms with Gasteiger partial charge in [0.1, 0.15) is 0 Å². The van der Waals surface area contributed by atoms with Crippen LogP contribution < -0.4 is 5.32 Å². The van der Waals surface area contributed by atoms with Crippen molar-refractivity contribution in [2.24, 2.45) is 15.8 Å². The minimum absolute atomic E-state index is 0.164. The van der Waals surface area contributed by atoms with E-state index in [-0.39, 0.29) is 5.54 Å². The molecule has 1 heterocycles. The molecule has 0 spiro atoms. The van der Waals surface area contributed by atoms with Crippen molar-refractivity contribution < 1.29 is 4.74 Å². The first kappa shape index (κ1) is 16.6. The maximum absolute atomic E-state index is 5.51. The van der Waals surface area contributed by atoms with E-state index in [1.165, 1.54) is 19.3 Å². The minimum Gasteiger partial charge on any atom is -0.382 e. The van der Waals surface area contributed by atoms with E-state index in [0.717, 1.165) is 32.3 Å². The van der Waals surface area contributed by atoms with Crippen LogP contribution in [0.5, 0.6) is 0 Å². The summed E-state index contributed by atoms with van der Waals surface area (Å²) in [6.07, 6.45) is 3.80. The Balaban J connectivity index is 1.85. The molecule has 4 nitrogen and oxygen atoms in total. The third-order valence-corrected chi connectivity index (χ3v) is 5.91. The number of ether oxygens (including phenoxy) is 1.